The highest BCUT2D eigenvalue weighted by Crippen LogP contribution is 2.30. The average Bonchev–Trinajstić information content (AvgIpc) is 3.02. The third-order valence-electron chi connectivity index (χ3n) is 4.17. The summed E-state index contributed by atoms with van der Waals surface area (Å²) in [6.45, 7) is -1.16. The van der Waals surface area contributed by atoms with E-state index < -0.39 is 14.0 Å². The first-order valence-electron chi connectivity index (χ1n) is 11.6. The fourth-order valence-electron chi connectivity index (χ4n) is 3.06. The van der Waals surface area contributed by atoms with E-state index >= 15 is 0 Å². The van der Waals surface area contributed by atoms with Crippen LogP contribution in [0.2, 0.25) is 0 Å². The van der Waals surface area contributed by atoms with Crippen LogP contribution in [0.4, 0.5) is 0 Å². The third kappa shape index (κ3) is 5.58. The Balaban J connectivity index is 2.21. The Kier molecular flexibility index (Phi) is 4.51. The van der Waals surface area contributed by atoms with Crippen molar-refractivity contribution >= 4 is 16.9 Å². The smallest absolute Gasteiger partial charge is 0.311 e. The molecule has 0 aliphatic rings. The minimum Gasteiger partial charge on any atom is -0.426 e. The molecule has 2 aromatic rings. The maximum Gasteiger partial charge on any atom is 0.311 e. The molecule has 5 nitrogen and oxygen atoms in total. The number of likely N-dealkylation sites (N-methyl/N-ethyl adjacent to an activating group) is 1. The topological polar surface area (TPSA) is 71.3 Å². The number of fused-ring (bicyclic) bond motifs is 1. The van der Waals surface area contributed by atoms with Crippen LogP contribution in [-0.2, 0) is 11.2 Å². The average molecular weight is 352 g/mol. The van der Waals surface area contributed by atoms with Gasteiger partial charge in [0.15, 0.2) is 0 Å². The highest BCUT2D eigenvalue weighted by atomic mass is 16.5. The second-order valence-corrected chi connectivity index (χ2v) is 6.80. The highest BCUT2D eigenvalue weighted by molar-refractivity contribution is 5.91. The molecule has 0 aliphatic carbocycles. The monoisotopic (exact) mass is 351 g/mol. The number of esters is 1. The number of rotatable bonds is 9. The molecule has 1 aromatic heterocycles. The summed E-state index contributed by atoms with van der Waals surface area (Å²) < 4.78 is 50.7. The zero-order valence-electron chi connectivity index (χ0n) is 20.8. The van der Waals surface area contributed by atoms with E-state index in [1.165, 1.54) is 0 Å². The van der Waals surface area contributed by atoms with E-state index in [0.717, 1.165) is 6.42 Å². The predicted octanol–water partition coefficient (Wildman–Crippen LogP) is 3.19. The lowest BCUT2D eigenvalue weighted by Gasteiger charge is -2.16. The van der Waals surface area contributed by atoms with Crippen molar-refractivity contribution < 1.29 is 17.8 Å². The molecule has 1 aromatic carbocycles. The van der Waals surface area contributed by atoms with Gasteiger partial charge >= 0.3 is 5.97 Å². The highest BCUT2D eigenvalue weighted by Gasteiger charge is 2.18. The number of nitrogens with zero attached hydrogens (tertiary/aromatic N) is 1. The van der Waals surface area contributed by atoms with Gasteiger partial charge in [-0.25, -0.2) is 0 Å². The van der Waals surface area contributed by atoms with Gasteiger partial charge in [0.1, 0.15) is 5.75 Å². The molecule has 0 unspecified atom stereocenters. The van der Waals surface area contributed by atoms with Crippen molar-refractivity contribution in [2.45, 2.75) is 33.1 Å². The lowest BCUT2D eigenvalue weighted by molar-refractivity contribution is -0.135. The summed E-state index contributed by atoms with van der Waals surface area (Å²) in [5.74, 6) is 0.417. The summed E-state index contributed by atoms with van der Waals surface area (Å²) in [4.78, 5) is 16.1. The van der Waals surface area contributed by atoms with Crippen LogP contribution in [0.5, 0.6) is 5.75 Å². The summed E-state index contributed by atoms with van der Waals surface area (Å²) in [6, 6.07) is 5.22. The molecule has 1 atom stereocenters. The Labute approximate surface area is 159 Å². The summed E-state index contributed by atoms with van der Waals surface area (Å²) in [7, 11) is 0. The second kappa shape index (κ2) is 9.02. The van der Waals surface area contributed by atoms with Gasteiger partial charge in [0.2, 0.25) is 0 Å². The number of H-pyrrole nitrogens is 1. The van der Waals surface area contributed by atoms with E-state index in [-0.39, 0.29) is 31.3 Å². The minimum absolute atomic E-state index is 0.0320. The Morgan fingerprint density at radius 1 is 1.40 bits per heavy atom. The van der Waals surface area contributed by atoms with Crippen LogP contribution in [0.25, 0.3) is 10.9 Å². The standard InChI is InChI=1S/C20H31N3O2/c1-14(2)10-15(12-21)11-19(24)25-18-7-5-6-17-20(18)16(13-22-17)8-9-23(3)4/h5-7,13-15,22H,8-12,21H2,1-4H3/t15-/m0/s1/i3D3,4D3. The lowest BCUT2D eigenvalue weighted by atomic mass is 9.94. The first kappa shape index (κ1) is 12.5. The Morgan fingerprint density at radius 3 is 2.88 bits per heavy atom. The quantitative estimate of drug-likeness (QED) is 0.538. The van der Waals surface area contributed by atoms with E-state index in [1.807, 2.05) is 6.07 Å². The number of benzene rings is 1. The van der Waals surface area contributed by atoms with E-state index in [4.69, 9.17) is 18.7 Å². The van der Waals surface area contributed by atoms with Crippen molar-refractivity contribution in [3.8, 4) is 5.75 Å². The van der Waals surface area contributed by atoms with Crippen molar-refractivity contribution in [2.75, 3.05) is 27.0 Å². The molecule has 0 spiro atoms. The van der Waals surface area contributed by atoms with Crippen molar-refractivity contribution in [3.05, 3.63) is 30.0 Å². The van der Waals surface area contributed by atoms with Crippen LogP contribution >= 0.6 is 0 Å². The zero-order chi connectivity index (χ0) is 23.4. The largest absolute Gasteiger partial charge is 0.426 e. The normalized spacial score (nSPS) is 17.5. The number of hydrogen-bond acceptors (Lipinski definition) is 4. The maximum atomic E-state index is 12.5. The number of aromatic amines is 1. The van der Waals surface area contributed by atoms with Crippen molar-refractivity contribution in [1.82, 2.24) is 9.88 Å². The molecule has 3 N–H and O–H groups in total. The molecule has 2 rings (SSSR count). The molecule has 1 heterocycles. The van der Waals surface area contributed by atoms with Gasteiger partial charge in [0.25, 0.3) is 0 Å². The van der Waals surface area contributed by atoms with Crippen molar-refractivity contribution in [3.63, 3.8) is 0 Å². The van der Waals surface area contributed by atoms with Crippen LogP contribution in [-0.4, -0.2) is 42.9 Å². The van der Waals surface area contributed by atoms with Gasteiger partial charge in [0, 0.05) is 38.3 Å². The maximum absolute atomic E-state index is 12.5. The van der Waals surface area contributed by atoms with Crippen LogP contribution in [0.15, 0.2) is 24.4 Å². The fourth-order valence-corrected chi connectivity index (χ4v) is 3.06. The molecule has 5 heteroatoms. The van der Waals surface area contributed by atoms with Crippen molar-refractivity contribution in [2.24, 2.45) is 17.6 Å². The number of ether oxygens (including phenoxy) is 1. The Morgan fingerprint density at radius 2 is 2.20 bits per heavy atom. The number of nitrogens with one attached hydrogen (secondary N) is 1. The predicted molar refractivity (Wildman–Crippen MR) is 103 cm³/mol. The van der Waals surface area contributed by atoms with E-state index in [1.54, 1.807) is 18.3 Å². The van der Waals surface area contributed by atoms with Gasteiger partial charge in [-0.05, 0) is 62.9 Å². The van der Waals surface area contributed by atoms with Crippen molar-refractivity contribution in [1.29, 1.82) is 0 Å². The van der Waals surface area contributed by atoms with Gasteiger partial charge < -0.3 is 20.4 Å². The molecule has 0 saturated heterocycles. The van der Waals surface area contributed by atoms with Gasteiger partial charge in [-0.3, -0.25) is 4.79 Å². The summed E-state index contributed by atoms with van der Waals surface area (Å²) in [6.07, 6.45) is 2.87. The molecular formula is C20H31N3O2. The van der Waals surface area contributed by atoms with Gasteiger partial charge in [-0.1, -0.05) is 19.9 Å². The second-order valence-electron chi connectivity index (χ2n) is 6.80. The van der Waals surface area contributed by atoms with E-state index in [2.05, 4.69) is 18.8 Å². The first-order valence-corrected chi connectivity index (χ1v) is 8.60. The molecule has 0 amide bonds. The molecule has 0 bridgehead atoms. The van der Waals surface area contributed by atoms with Crippen LogP contribution in [0.1, 0.15) is 40.5 Å². The number of aromatic nitrogens is 1. The Hall–Kier alpha value is -1.85. The fraction of sp³-hybridized carbons (Fsp3) is 0.550. The van der Waals surface area contributed by atoms with E-state index in [9.17, 15) is 4.79 Å². The molecule has 0 saturated carbocycles. The summed E-state index contributed by atoms with van der Waals surface area (Å²) in [5.41, 5.74) is 7.18. The SMILES string of the molecule is [2H]C([2H])([2H])N(CCc1c[nH]c2cccc(OC(=O)C[C@@H](CN)CC(C)C)c12)C([2H])([2H])[2H]. The summed E-state index contributed by atoms with van der Waals surface area (Å²) in [5, 5.41) is 0.639. The third-order valence-corrected chi connectivity index (χ3v) is 4.17. The molecule has 138 valence electrons. The lowest BCUT2D eigenvalue weighted by Crippen LogP contribution is -2.22. The van der Waals surface area contributed by atoms with Gasteiger partial charge in [0.05, 0.1) is 0 Å². The van der Waals surface area contributed by atoms with Gasteiger partial charge in [-0.15, -0.1) is 0 Å². The molecule has 0 radical (unpaired) electrons. The molecule has 0 aliphatic heterocycles. The van der Waals surface area contributed by atoms with Crippen LogP contribution < -0.4 is 10.5 Å². The molecule has 25 heavy (non-hydrogen) atoms. The number of nitrogens with two attached hydrogens (primary N) is 1. The summed E-state index contributed by atoms with van der Waals surface area (Å²) >= 11 is 0. The number of carbonyl (C=O) groups is 1. The molecular weight excluding hydrogens is 314 g/mol. The minimum atomic E-state index is -2.75. The van der Waals surface area contributed by atoms with Gasteiger partial charge in [-0.2, -0.15) is 0 Å². The first-order chi connectivity index (χ1) is 14.3. The molecule has 0 fully saturated rings. The van der Waals surface area contributed by atoms with Crippen LogP contribution in [0.3, 0.4) is 0 Å². The Bertz CT molecular complexity index is 862. The van der Waals surface area contributed by atoms with E-state index in [0.29, 0.717) is 39.6 Å². The zero-order valence-corrected chi connectivity index (χ0v) is 14.8. The number of carbonyl (C=O) groups excluding carboxylic acids is 1. The number of hydrogen-bond donors (Lipinski definition) is 2. The van der Waals surface area contributed by atoms with Crippen LogP contribution in [0, 0.1) is 11.8 Å².